The number of nitrogens with one attached hydrogen (secondary N) is 1. The van der Waals surface area contributed by atoms with Gasteiger partial charge in [-0.1, -0.05) is 30.3 Å². The van der Waals surface area contributed by atoms with Gasteiger partial charge in [0, 0.05) is 0 Å². The van der Waals surface area contributed by atoms with Crippen molar-refractivity contribution in [2.45, 2.75) is 20.5 Å². The van der Waals surface area contributed by atoms with Crippen LogP contribution in [0, 0.1) is 13.8 Å². The molecule has 0 saturated carbocycles. The van der Waals surface area contributed by atoms with Crippen molar-refractivity contribution >= 4 is 35.6 Å². The molecule has 8 heteroatoms. The van der Waals surface area contributed by atoms with Gasteiger partial charge in [-0.15, -0.1) is 0 Å². The highest BCUT2D eigenvalue weighted by Crippen LogP contribution is 2.25. The van der Waals surface area contributed by atoms with E-state index in [1.165, 1.54) is 18.2 Å². The van der Waals surface area contributed by atoms with Gasteiger partial charge in [-0.25, -0.2) is 14.5 Å². The number of aromatic carboxylic acids is 1. The average molecular weight is 470 g/mol. The van der Waals surface area contributed by atoms with Gasteiger partial charge in [0.05, 0.1) is 11.3 Å². The van der Waals surface area contributed by atoms with Gasteiger partial charge in [0.2, 0.25) is 0 Å². The fourth-order valence-corrected chi connectivity index (χ4v) is 3.53. The molecule has 0 aliphatic carbocycles. The molecule has 0 bridgehead atoms. The van der Waals surface area contributed by atoms with Gasteiger partial charge in [-0.3, -0.25) is 14.9 Å². The number of barbiturate groups is 1. The zero-order chi connectivity index (χ0) is 25.1. The molecule has 8 nitrogen and oxygen atoms in total. The van der Waals surface area contributed by atoms with E-state index in [1.807, 2.05) is 13.8 Å². The minimum absolute atomic E-state index is 0.177. The third kappa shape index (κ3) is 5.11. The number of imide groups is 2. The molecule has 2 N–H and O–H groups in total. The van der Waals surface area contributed by atoms with Gasteiger partial charge >= 0.3 is 12.0 Å². The Morgan fingerprint density at radius 1 is 0.971 bits per heavy atom. The fraction of sp³-hybridized carbons (Fsp3) is 0.111. The van der Waals surface area contributed by atoms with Crippen LogP contribution in [0.3, 0.4) is 0 Å². The quantitative estimate of drug-likeness (QED) is 0.411. The molecule has 0 radical (unpaired) electrons. The number of nitrogens with zero attached hydrogens (tertiary/aromatic N) is 1. The van der Waals surface area contributed by atoms with Crippen LogP contribution >= 0.6 is 0 Å². The molecule has 1 aliphatic heterocycles. The van der Waals surface area contributed by atoms with Crippen molar-refractivity contribution in [1.82, 2.24) is 5.32 Å². The summed E-state index contributed by atoms with van der Waals surface area (Å²) >= 11 is 0. The van der Waals surface area contributed by atoms with E-state index in [2.05, 4.69) is 5.32 Å². The second-order valence-corrected chi connectivity index (χ2v) is 8.09. The molecule has 1 aliphatic rings. The van der Waals surface area contributed by atoms with Gasteiger partial charge in [-0.05, 0) is 78.6 Å². The highest BCUT2D eigenvalue weighted by atomic mass is 16.5. The topological polar surface area (TPSA) is 113 Å². The number of carboxylic acid groups (broad SMARTS) is 1. The van der Waals surface area contributed by atoms with E-state index in [-0.39, 0.29) is 17.7 Å². The van der Waals surface area contributed by atoms with Crippen LogP contribution in [0.25, 0.3) is 6.08 Å². The van der Waals surface area contributed by atoms with E-state index in [0.29, 0.717) is 17.0 Å². The number of benzene rings is 3. The fourth-order valence-electron chi connectivity index (χ4n) is 3.53. The Labute approximate surface area is 201 Å². The molecule has 1 heterocycles. The molecule has 4 amide bonds. The number of anilines is 1. The second-order valence-electron chi connectivity index (χ2n) is 8.09. The Hall–Kier alpha value is -4.72. The van der Waals surface area contributed by atoms with E-state index in [0.717, 1.165) is 21.6 Å². The Morgan fingerprint density at radius 2 is 1.71 bits per heavy atom. The first kappa shape index (κ1) is 23.4. The molecule has 1 saturated heterocycles. The maximum Gasteiger partial charge on any atom is 0.335 e. The first-order valence-electron chi connectivity index (χ1n) is 10.8. The number of hydrogen-bond donors (Lipinski definition) is 2. The molecule has 35 heavy (non-hydrogen) atoms. The lowest BCUT2D eigenvalue weighted by atomic mass is 10.0. The SMILES string of the molecule is Cc1ccc(N2C(=O)NC(=O)/C(=C/c3cccc(OCc4ccc(C(=O)O)cc4)c3)C2=O)cc1C. The minimum Gasteiger partial charge on any atom is -0.489 e. The van der Waals surface area contributed by atoms with E-state index in [9.17, 15) is 19.2 Å². The van der Waals surface area contributed by atoms with Crippen molar-refractivity contribution < 1.29 is 29.0 Å². The number of hydrogen-bond acceptors (Lipinski definition) is 5. The molecule has 3 aromatic carbocycles. The third-order valence-corrected chi connectivity index (χ3v) is 5.63. The lowest BCUT2D eigenvalue weighted by Crippen LogP contribution is -2.54. The molecule has 0 aromatic heterocycles. The Kier molecular flexibility index (Phi) is 6.46. The van der Waals surface area contributed by atoms with E-state index < -0.39 is 23.8 Å². The number of urea groups is 1. The Morgan fingerprint density at radius 3 is 2.40 bits per heavy atom. The number of rotatable bonds is 6. The van der Waals surface area contributed by atoms with Gasteiger partial charge in [-0.2, -0.15) is 0 Å². The first-order chi connectivity index (χ1) is 16.7. The molecular formula is C27H22N2O6. The summed E-state index contributed by atoms with van der Waals surface area (Å²) in [6.45, 7) is 4.00. The standard InChI is InChI=1S/C27H22N2O6/c1-16-6-11-21(12-17(16)2)29-25(31)23(24(30)28-27(29)34)14-19-4-3-5-22(13-19)35-15-18-7-9-20(10-8-18)26(32)33/h3-14H,15H2,1-2H3,(H,32,33)(H,28,30,34)/b23-14-. The smallest absolute Gasteiger partial charge is 0.335 e. The summed E-state index contributed by atoms with van der Waals surface area (Å²) in [4.78, 5) is 49.9. The molecule has 0 unspecified atom stereocenters. The monoisotopic (exact) mass is 470 g/mol. The molecule has 3 aromatic rings. The number of aryl methyl sites for hydroxylation is 2. The largest absolute Gasteiger partial charge is 0.489 e. The number of ether oxygens (including phenoxy) is 1. The summed E-state index contributed by atoms with van der Waals surface area (Å²) in [5.41, 5.74) is 3.63. The summed E-state index contributed by atoms with van der Waals surface area (Å²) < 4.78 is 5.78. The van der Waals surface area contributed by atoms with Crippen LogP contribution in [0.2, 0.25) is 0 Å². The van der Waals surface area contributed by atoms with Crippen molar-refractivity contribution in [3.05, 3.63) is 100 Å². The summed E-state index contributed by atoms with van der Waals surface area (Å²) in [5, 5.41) is 11.2. The van der Waals surface area contributed by atoms with Gasteiger partial charge < -0.3 is 9.84 Å². The van der Waals surface area contributed by atoms with Crippen molar-refractivity contribution in [3.63, 3.8) is 0 Å². The second kappa shape index (κ2) is 9.64. The average Bonchev–Trinajstić information content (AvgIpc) is 2.83. The number of amides is 4. The van der Waals surface area contributed by atoms with Crippen LogP contribution in [0.4, 0.5) is 10.5 Å². The van der Waals surface area contributed by atoms with Crippen LogP contribution < -0.4 is 15.0 Å². The normalized spacial score (nSPS) is 14.7. The zero-order valence-corrected chi connectivity index (χ0v) is 19.1. The highest BCUT2D eigenvalue weighted by Gasteiger charge is 2.36. The van der Waals surface area contributed by atoms with Crippen LogP contribution in [-0.4, -0.2) is 28.9 Å². The predicted octanol–water partition coefficient (Wildman–Crippen LogP) is 4.25. The molecule has 0 spiro atoms. The first-order valence-corrected chi connectivity index (χ1v) is 10.8. The maximum absolute atomic E-state index is 13.1. The summed E-state index contributed by atoms with van der Waals surface area (Å²) in [6.07, 6.45) is 1.41. The maximum atomic E-state index is 13.1. The zero-order valence-electron chi connectivity index (χ0n) is 19.1. The van der Waals surface area contributed by atoms with Crippen molar-refractivity contribution in [2.24, 2.45) is 0 Å². The molecule has 0 atom stereocenters. The minimum atomic E-state index is -1.00. The summed E-state index contributed by atoms with van der Waals surface area (Å²) in [6, 6.07) is 17.5. The molecule has 176 valence electrons. The van der Waals surface area contributed by atoms with Crippen molar-refractivity contribution in [3.8, 4) is 5.75 Å². The molecule has 1 fully saturated rings. The van der Waals surface area contributed by atoms with Crippen molar-refractivity contribution in [2.75, 3.05) is 4.90 Å². The van der Waals surface area contributed by atoms with Crippen molar-refractivity contribution in [1.29, 1.82) is 0 Å². The van der Waals surface area contributed by atoms with E-state index in [1.54, 1.807) is 54.6 Å². The lowest BCUT2D eigenvalue weighted by molar-refractivity contribution is -0.122. The van der Waals surface area contributed by atoms with Gasteiger partial charge in [0.15, 0.2) is 0 Å². The van der Waals surface area contributed by atoms with E-state index >= 15 is 0 Å². The highest BCUT2D eigenvalue weighted by molar-refractivity contribution is 6.39. The molecular weight excluding hydrogens is 448 g/mol. The van der Waals surface area contributed by atoms with Crippen LogP contribution in [0.5, 0.6) is 5.75 Å². The number of carbonyl (C=O) groups excluding carboxylic acids is 3. The number of carbonyl (C=O) groups is 4. The van der Waals surface area contributed by atoms with Crippen LogP contribution in [0.15, 0.2) is 72.3 Å². The summed E-state index contributed by atoms with van der Waals surface area (Å²) in [5.74, 6) is -2.00. The van der Waals surface area contributed by atoms with Crippen LogP contribution in [0.1, 0.15) is 32.6 Å². The van der Waals surface area contributed by atoms with Gasteiger partial charge in [0.1, 0.15) is 17.9 Å². The summed E-state index contributed by atoms with van der Waals surface area (Å²) in [7, 11) is 0. The number of carboxylic acids is 1. The predicted molar refractivity (Wildman–Crippen MR) is 129 cm³/mol. The third-order valence-electron chi connectivity index (χ3n) is 5.63. The van der Waals surface area contributed by atoms with Gasteiger partial charge in [0.25, 0.3) is 11.8 Å². The Bertz CT molecular complexity index is 1370. The Balaban J connectivity index is 1.54. The van der Waals surface area contributed by atoms with Crippen LogP contribution in [-0.2, 0) is 16.2 Å². The molecule has 4 rings (SSSR count). The van der Waals surface area contributed by atoms with E-state index in [4.69, 9.17) is 9.84 Å². The lowest BCUT2D eigenvalue weighted by Gasteiger charge is -2.26.